The van der Waals surface area contributed by atoms with Crippen LogP contribution in [0.4, 0.5) is 4.79 Å². The van der Waals surface area contributed by atoms with Crippen LogP contribution in [0.15, 0.2) is 0 Å². The fraction of sp³-hybridized carbons (Fsp3) is 0. The monoisotopic (exact) mass is 164 g/mol. The zero-order chi connectivity index (χ0) is 4.28. The summed E-state index contributed by atoms with van der Waals surface area (Å²) in [5.74, 6) is 0. The van der Waals surface area contributed by atoms with Crippen LogP contribution in [0.25, 0.3) is 0 Å². The summed E-state index contributed by atoms with van der Waals surface area (Å²) >= 11 is 3.46. The number of primary amides is 1. The maximum Gasteiger partial charge on any atom is 0.286 e. The van der Waals surface area contributed by atoms with Gasteiger partial charge in [0.25, 0.3) is 5.24 Å². The van der Waals surface area contributed by atoms with E-state index >= 15 is 0 Å². The molecule has 0 aromatic carbocycles. The van der Waals surface area contributed by atoms with Gasteiger partial charge in [0.1, 0.15) is 0 Å². The van der Waals surface area contributed by atoms with Crippen molar-refractivity contribution in [3.63, 3.8) is 0 Å². The van der Waals surface area contributed by atoms with Crippen molar-refractivity contribution >= 4 is 27.7 Å². The van der Waals surface area contributed by atoms with Gasteiger partial charge in [-0.1, -0.05) is 0 Å². The second kappa shape index (κ2) is 5.69. The van der Waals surface area contributed by atoms with Crippen LogP contribution < -0.4 is 5.73 Å². The molecule has 0 unspecified atom stereocenters. The third kappa shape index (κ3) is 8.83. The summed E-state index contributed by atoms with van der Waals surface area (Å²) < 4.78 is 0. The van der Waals surface area contributed by atoms with Crippen molar-refractivity contribution in [3.05, 3.63) is 0 Å². The summed E-state index contributed by atoms with van der Waals surface area (Å²) in [5.41, 5.74) is 4.54. The first-order valence-electron chi connectivity index (χ1n) is 0.879. The molecule has 37 valence electrons. The Morgan fingerprint density at radius 3 is 2.00 bits per heavy atom. The number of carbonyl (C=O) groups excluding carboxylic acids is 1. The minimum absolute atomic E-state index is 0. The molecule has 0 bridgehead atoms. The van der Waals surface area contributed by atoms with E-state index in [0.717, 1.165) is 0 Å². The summed E-state index contributed by atoms with van der Waals surface area (Å²) in [6.07, 6.45) is 0. The maximum atomic E-state index is 9.48. The Labute approximate surface area is 55.5 Å². The van der Waals surface area contributed by atoms with Crippen LogP contribution in [0.2, 0.25) is 0 Å². The topological polar surface area (TPSA) is 43.1 Å². The van der Waals surface area contributed by atoms with Crippen LogP contribution in [-0.2, 0) is 17.1 Å². The van der Waals surface area contributed by atoms with Gasteiger partial charge < -0.3 is 5.73 Å². The Morgan fingerprint density at radius 2 is 2.00 bits per heavy atom. The summed E-state index contributed by atoms with van der Waals surface area (Å²) in [4.78, 5) is 9.48. The van der Waals surface area contributed by atoms with E-state index < -0.39 is 5.24 Å². The van der Waals surface area contributed by atoms with Gasteiger partial charge in [0.2, 0.25) is 0 Å². The molecule has 0 fully saturated rings. The van der Waals surface area contributed by atoms with Crippen LogP contribution in [0.5, 0.6) is 0 Å². The van der Waals surface area contributed by atoms with Crippen molar-refractivity contribution in [1.82, 2.24) is 0 Å². The van der Waals surface area contributed by atoms with E-state index in [9.17, 15) is 4.79 Å². The van der Waals surface area contributed by atoms with E-state index in [4.69, 9.17) is 0 Å². The molecule has 0 saturated heterocycles. The Morgan fingerprint density at radius 1 is 1.83 bits per heavy atom. The SMILES string of the molecule is NC(=O)SS.[Mn]. The van der Waals surface area contributed by atoms with Crippen LogP contribution in [0, 0.1) is 0 Å². The maximum absolute atomic E-state index is 9.48. The molecule has 1 amide bonds. The number of hydrogen-bond acceptors (Lipinski definition) is 3. The second-order valence-electron chi connectivity index (χ2n) is 0.410. The number of rotatable bonds is 0. The molecule has 0 atom stereocenters. The van der Waals surface area contributed by atoms with Crippen LogP contribution in [0.3, 0.4) is 0 Å². The van der Waals surface area contributed by atoms with E-state index in [1.165, 1.54) is 0 Å². The third-order valence-electron chi connectivity index (χ3n) is 0.0900. The average Bonchev–Trinajstić information content (AvgIpc) is 1.38. The predicted molar refractivity (Wildman–Crippen MR) is 26.2 cm³/mol. The minimum atomic E-state index is -0.465. The van der Waals surface area contributed by atoms with Crippen molar-refractivity contribution in [2.24, 2.45) is 5.73 Å². The average molecular weight is 164 g/mol. The van der Waals surface area contributed by atoms with Crippen molar-refractivity contribution in [1.29, 1.82) is 0 Å². The summed E-state index contributed by atoms with van der Waals surface area (Å²) in [6, 6.07) is 0. The molecule has 0 rings (SSSR count). The molecule has 0 aliphatic rings. The first-order valence-corrected chi connectivity index (χ1v) is 2.75. The van der Waals surface area contributed by atoms with E-state index in [1.807, 2.05) is 0 Å². The van der Waals surface area contributed by atoms with Gasteiger partial charge in [-0.15, -0.1) is 11.7 Å². The molecule has 0 aromatic rings. The first-order chi connectivity index (χ1) is 2.27. The molecule has 1 radical (unpaired) electrons. The Kier molecular flexibility index (Phi) is 9.34. The standard InChI is InChI=1S/CH3NOS2.Mn/c2-1(3)5-4;/h4H,(H2,2,3);. The van der Waals surface area contributed by atoms with Gasteiger partial charge in [-0.05, 0) is 0 Å². The fourth-order valence-corrected chi connectivity index (χ4v) is 0. The Balaban J connectivity index is 0. The third-order valence-corrected chi connectivity index (χ3v) is 0.810. The van der Waals surface area contributed by atoms with Gasteiger partial charge in [-0.2, -0.15) is 0 Å². The molecule has 0 heterocycles. The normalized spacial score (nSPS) is 6.17. The van der Waals surface area contributed by atoms with Gasteiger partial charge >= 0.3 is 0 Å². The Bertz CT molecular complexity index is 48.8. The summed E-state index contributed by atoms with van der Waals surface area (Å²) in [5, 5.41) is -0.465. The van der Waals surface area contributed by atoms with E-state index in [0.29, 0.717) is 10.8 Å². The molecule has 0 aliphatic heterocycles. The van der Waals surface area contributed by atoms with Gasteiger partial charge in [-0.25, -0.2) is 0 Å². The van der Waals surface area contributed by atoms with Crippen molar-refractivity contribution < 1.29 is 21.9 Å². The molecule has 2 nitrogen and oxygen atoms in total. The quantitative estimate of drug-likeness (QED) is 0.313. The van der Waals surface area contributed by atoms with E-state index in [2.05, 4.69) is 17.4 Å². The zero-order valence-corrected chi connectivity index (χ0v) is 5.61. The molecule has 6 heavy (non-hydrogen) atoms. The van der Waals surface area contributed by atoms with Gasteiger partial charge in [0.05, 0.1) is 0 Å². The number of hydrogen-bond donors (Lipinski definition) is 2. The summed E-state index contributed by atoms with van der Waals surface area (Å²) in [7, 11) is 0.713. The molecule has 0 saturated carbocycles. The second-order valence-corrected chi connectivity index (χ2v) is 1.54. The van der Waals surface area contributed by atoms with Crippen LogP contribution in [-0.4, -0.2) is 5.24 Å². The molecule has 0 spiro atoms. The zero-order valence-electron chi connectivity index (χ0n) is 2.72. The summed E-state index contributed by atoms with van der Waals surface area (Å²) in [6.45, 7) is 0. The fourth-order valence-electron chi connectivity index (χ4n) is 0. The number of amides is 1. The molecular formula is CH3MnNOS2. The Hall–Kier alpha value is 0.689. The van der Waals surface area contributed by atoms with Gasteiger partial charge in [0.15, 0.2) is 0 Å². The van der Waals surface area contributed by atoms with Crippen molar-refractivity contribution in [2.75, 3.05) is 0 Å². The molecule has 2 N–H and O–H groups in total. The first kappa shape index (κ1) is 9.85. The van der Waals surface area contributed by atoms with Gasteiger partial charge in [-0.3, -0.25) is 4.79 Å². The number of carbonyl (C=O) groups is 1. The van der Waals surface area contributed by atoms with Crippen molar-refractivity contribution in [3.8, 4) is 0 Å². The van der Waals surface area contributed by atoms with E-state index in [-0.39, 0.29) is 17.1 Å². The van der Waals surface area contributed by atoms with E-state index in [1.54, 1.807) is 0 Å². The molecular weight excluding hydrogens is 161 g/mol. The van der Waals surface area contributed by atoms with Crippen molar-refractivity contribution in [2.45, 2.75) is 0 Å². The number of nitrogens with two attached hydrogens (primary N) is 1. The van der Waals surface area contributed by atoms with Crippen LogP contribution in [0.1, 0.15) is 0 Å². The smallest absolute Gasteiger partial charge is 0.286 e. The molecule has 5 heteroatoms. The number of thiol groups is 1. The predicted octanol–water partition coefficient (Wildman–Crippen LogP) is 0.641. The largest absolute Gasteiger partial charge is 0.360 e. The van der Waals surface area contributed by atoms with Crippen LogP contribution >= 0.6 is 22.5 Å². The minimum Gasteiger partial charge on any atom is -0.360 e. The molecule has 0 aromatic heterocycles. The molecule has 0 aliphatic carbocycles. The van der Waals surface area contributed by atoms with Gasteiger partial charge in [0, 0.05) is 27.9 Å².